The number of hydrogen-bond donors (Lipinski definition) is 1. The summed E-state index contributed by atoms with van der Waals surface area (Å²) in [5.41, 5.74) is -0.767. The van der Waals surface area contributed by atoms with Gasteiger partial charge < -0.3 is 9.90 Å². The summed E-state index contributed by atoms with van der Waals surface area (Å²) in [6.07, 6.45) is 2.63. The highest BCUT2D eigenvalue weighted by molar-refractivity contribution is 5.51. The van der Waals surface area contributed by atoms with Gasteiger partial charge in [0, 0.05) is 6.42 Å². The standard InChI is InChI=1S/C7H14O2/c1-3-4-7(2,9)5-6-8/h6,9H,3-5H2,1-2H3. The van der Waals surface area contributed by atoms with E-state index in [0.717, 1.165) is 12.7 Å². The third kappa shape index (κ3) is 4.15. The second-order valence-corrected chi connectivity index (χ2v) is 2.62. The Morgan fingerprint density at radius 2 is 2.22 bits per heavy atom. The van der Waals surface area contributed by atoms with Crippen LogP contribution in [0.25, 0.3) is 0 Å². The Hall–Kier alpha value is -0.370. The molecule has 0 aromatic heterocycles. The average Bonchev–Trinajstić information content (AvgIpc) is 1.64. The van der Waals surface area contributed by atoms with Gasteiger partial charge in [-0.25, -0.2) is 0 Å². The molecule has 0 saturated heterocycles. The summed E-state index contributed by atoms with van der Waals surface area (Å²) in [7, 11) is 0. The van der Waals surface area contributed by atoms with E-state index in [0.29, 0.717) is 6.42 Å². The summed E-state index contributed by atoms with van der Waals surface area (Å²) in [4.78, 5) is 9.94. The first kappa shape index (κ1) is 8.63. The Kier molecular flexibility index (Phi) is 3.47. The fourth-order valence-electron chi connectivity index (χ4n) is 0.820. The van der Waals surface area contributed by atoms with E-state index < -0.39 is 5.60 Å². The lowest BCUT2D eigenvalue weighted by Gasteiger charge is -2.18. The fraction of sp³-hybridized carbons (Fsp3) is 0.857. The van der Waals surface area contributed by atoms with E-state index in [4.69, 9.17) is 0 Å². The number of aldehydes is 1. The van der Waals surface area contributed by atoms with Crippen LogP contribution in [-0.4, -0.2) is 17.0 Å². The largest absolute Gasteiger partial charge is 0.390 e. The zero-order valence-electron chi connectivity index (χ0n) is 6.05. The maximum atomic E-state index is 9.94. The highest BCUT2D eigenvalue weighted by Crippen LogP contribution is 2.13. The Morgan fingerprint density at radius 1 is 1.67 bits per heavy atom. The van der Waals surface area contributed by atoms with Gasteiger partial charge in [-0.15, -0.1) is 0 Å². The molecule has 0 spiro atoms. The Morgan fingerprint density at radius 3 is 2.56 bits per heavy atom. The minimum Gasteiger partial charge on any atom is -0.390 e. The number of aliphatic hydroxyl groups is 1. The molecule has 0 radical (unpaired) electrons. The van der Waals surface area contributed by atoms with E-state index in [9.17, 15) is 9.90 Å². The number of carbonyl (C=O) groups excluding carboxylic acids is 1. The molecular formula is C7H14O2. The van der Waals surface area contributed by atoms with Crippen molar-refractivity contribution in [2.75, 3.05) is 0 Å². The van der Waals surface area contributed by atoms with Gasteiger partial charge >= 0.3 is 0 Å². The van der Waals surface area contributed by atoms with Crippen LogP contribution in [0.15, 0.2) is 0 Å². The molecule has 0 fully saturated rings. The molecule has 1 N–H and O–H groups in total. The van der Waals surface area contributed by atoms with Crippen molar-refractivity contribution < 1.29 is 9.90 Å². The zero-order valence-corrected chi connectivity index (χ0v) is 6.05. The molecule has 0 aromatic carbocycles. The van der Waals surface area contributed by atoms with Gasteiger partial charge in [0.2, 0.25) is 0 Å². The summed E-state index contributed by atoms with van der Waals surface area (Å²) in [5, 5.41) is 9.28. The van der Waals surface area contributed by atoms with E-state index in [1.54, 1.807) is 6.92 Å². The molecule has 0 bridgehead atoms. The topological polar surface area (TPSA) is 37.3 Å². The first-order valence-electron chi connectivity index (χ1n) is 3.28. The van der Waals surface area contributed by atoms with Gasteiger partial charge in [0.05, 0.1) is 5.60 Å². The summed E-state index contributed by atoms with van der Waals surface area (Å²) in [6, 6.07) is 0. The minimum atomic E-state index is -0.767. The van der Waals surface area contributed by atoms with Crippen molar-refractivity contribution in [3.63, 3.8) is 0 Å². The van der Waals surface area contributed by atoms with Crippen molar-refractivity contribution >= 4 is 6.29 Å². The molecular weight excluding hydrogens is 116 g/mol. The normalized spacial score (nSPS) is 16.8. The van der Waals surface area contributed by atoms with Crippen LogP contribution < -0.4 is 0 Å². The first-order valence-corrected chi connectivity index (χ1v) is 3.28. The Labute approximate surface area is 55.9 Å². The van der Waals surface area contributed by atoms with Crippen molar-refractivity contribution in [3.05, 3.63) is 0 Å². The van der Waals surface area contributed by atoms with Gasteiger partial charge in [0.1, 0.15) is 6.29 Å². The molecule has 0 aliphatic carbocycles. The van der Waals surface area contributed by atoms with Crippen LogP contribution >= 0.6 is 0 Å². The Balaban J connectivity index is 3.55. The van der Waals surface area contributed by atoms with Gasteiger partial charge in [-0.05, 0) is 13.3 Å². The third-order valence-corrected chi connectivity index (χ3v) is 1.31. The SMILES string of the molecule is CCCC(C)(O)CC=O. The van der Waals surface area contributed by atoms with Crippen molar-refractivity contribution in [2.45, 2.75) is 38.7 Å². The van der Waals surface area contributed by atoms with Gasteiger partial charge in [-0.2, -0.15) is 0 Å². The minimum absolute atomic E-state index is 0.251. The third-order valence-electron chi connectivity index (χ3n) is 1.31. The van der Waals surface area contributed by atoms with Crippen molar-refractivity contribution in [2.24, 2.45) is 0 Å². The number of rotatable bonds is 4. The van der Waals surface area contributed by atoms with Gasteiger partial charge in [-0.3, -0.25) is 0 Å². The summed E-state index contributed by atoms with van der Waals surface area (Å²) in [5.74, 6) is 0. The highest BCUT2D eigenvalue weighted by atomic mass is 16.3. The van der Waals surface area contributed by atoms with Crippen LogP contribution in [0.3, 0.4) is 0 Å². The molecule has 0 rings (SSSR count). The van der Waals surface area contributed by atoms with Gasteiger partial charge in [0.15, 0.2) is 0 Å². The van der Waals surface area contributed by atoms with Crippen LogP contribution in [-0.2, 0) is 4.79 Å². The second-order valence-electron chi connectivity index (χ2n) is 2.62. The van der Waals surface area contributed by atoms with Crippen LogP contribution in [0, 0.1) is 0 Å². The molecule has 0 heterocycles. The van der Waals surface area contributed by atoms with Crippen LogP contribution in [0.4, 0.5) is 0 Å². The fourth-order valence-corrected chi connectivity index (χ4v) is 0.820. The number of hydrogen-bond acceptors (Lipinski definition) is 2. The van der Waals surface area contributed by atoms with Crippen molar-refractivity contribution in [1.82, 2.24) is 0 Å². The summed E-state index contributed by atoms with van der Waals surface area (Å²) < 4.78 is 0. The van der Waals surface area contributed by atoms with Crippen LogP contribution in [0.5, 0.6) is 0 Å². The predicted molar refractivity (Wildman–Crippen MR) is 36.2 cm³/mol. The van der Waals surface area contributed by atoms with Crippen LogP contribution in [0.2, 0.25) is 0 Å². The number of carbonyl (C=O) groups is 1. The lowest BCUT2D eigenvalue weighted by atomic mass is 9.98. The maximum Gasteiger partial charge on any atom is 0.122 e. The molecule has 0 saturated carbocycles. The average molecular weight is 130 g/mol. The molecule has 1 unspecified atom stereocenters. The van der Waals surface area contributed by atoms with E-state index in [1.165, 1.54) is 0 Å². The molecule has 0 amide bonds. The lowest BCUT2D eigenvalue weighted by Crippen LogP contribution is -2.23. The lowest BCUT2D eigenvalue weighted by molar-refractivity contribution is -0.111. The summed E-state index contributed by atoms with van der Waals surface area (Å²) in [6.45, 7) is 3.67. The first-order chi connectivity index (χ1) is 4.12. The van der Waals surface area contributed by atoms with E-state index in [2.05, 4.69) is 0 Å². The molecule has 0 aliphatic heterocycles. The zero-order chi connectivity index (χ0) is 7.33. The smallest absolute Gasteiger partial charge is 0.122 e. The Bertz CT molecular complexity index is 86.9. The van der Waals surface area contributed by atoms with E-state index in [-0.39, 0.29) is 6.42 Å². The molecule has 9 heavy (non-hydrogen) atoms. The molecule has 2 heteroatoms. The molecule has 2 nitrogen and oxygen atoms in total. The van der Waals surface area contributed by atoms with E-state index in [1.807, 2.05) is 6.92 Å². The predicted octanol–water partition coefficient (Wildman–Crippen LogP) is 1.13. The highest BCUT2D eigenvalue weighted by Gasteiger charge is 2.17. The maximum absolute atomic E-state index is 9.94. The van der Waals surface area contributed by atoms with Gasteiger partial charge in [0.25, 0.3) is 0 Å². The van der Waals surface area contributed by atoms with E-state index >= 15 is 0 Å². The molecule has 0 aliphatic rings. The summed E-state index contributed by atoms with van der Waals surface area (Å²) >= 11 is 0. The van der Waals surface area contributed by atoms with Crippen LogP contribution in [0.1, 0.15) is 33.1 Å². The monoisotopic (exact) mass is 130 g/mol. The van der Waals surface area contributed by atoms with Crippen molar-refractivity contribution in [3.8, 4) is 0 Å². The second kappa shape index (κ2) is 3.62. The quantitative estimate of drug-likeness (QED) is 0.579. The molecule has 0 aromatic rings. The molecule has 1 atom stereocenters. The van der Waals surface area contributed by atoms with Gasteiger partial charge in [-0.1, -0.05) is 13.3 Å². The van der Waals surface area contributed by atoms with Crippen molar-refractivity contribution in [1.29, 1.82) is 0 Å². The molecule has 54 valence electrons.